The highest BCUT2D eigenvalue weighted by molar-refractivity contribution is 8.01. The molecule has 1 saturated carbocycles. The number of carbonyl (C=O) groups is 1. The second-order valence-corrected chi connectivity index (χ2v) is 6.92. The Bertz CT molecular complexity index is 587. The van der Waals surface area contributed by atoms with Gasteiger partial charge in [0.15, 0.2) is 5.78 Å². The molecule has 1 fully saturated rings. The third kappa shape index (κ3) is 2.66. The van der Waals surface area contributed by atoms with E-state index in [0.29, 0.717) is 0 Å². The number of ketones is 1. The lowest BCUT2D eigenvalue weighted by Crippen LogP contribution is -2.24. The van der Waals surface area contributed by atoms with Gasteiger partial charge in [-0.05, 0) is 25.0 Å². The number of carbonyl (C=O) groups excluding carboxylic acids is 1. The first-order chi connectivity index (χ1) is 9.71. The second kappa shape index (κ2) is 5.45. The predicted molar refractivity (Wildman–Crippen MR) is 84.2 cm³/mol. The van der Waals surface area contributed by atoms with Crippen LogP contribution in [-0.4, -0.2) is 10.5 Å². The van der Waals surface area contributed by atoms with E-state index in [9.17, 15) is 4.79 Å². The summed E-state index contributed by atoms with van der Waals surface area (Å²) in [5, 5.41) is 0. The molecule has 1 unspecified atom stereocenters. The highest BCUT2D eigenvalue weighted by atomic mass is 32.2. The number of rotatable bonds is 5. The molecule has 1 nitrogen and oxygen atoms in total. The highest BCUT2D eigenvalue weighted by Gasteiger charge is 2.51. The van der Waals surface area contributed by atoms with Crippen molar-refractivity contribution in [3.8, 4) is 0 Å². The zero-order chi connectivity index (χ0) is 14.0. The van der Waals surface area contributed by atoms with Gasteiger partial charge in [-0.2, -0.15) is 0 Å². The number of benzene rings is 2. The average molecular weight is 282 g/mol. The standard InChI is InChI=1S/C18H18OS/c1-14(17(19)15-8-4-2-5-9-15)18(12-13-18)20-16-10-6-3-7-11-16/h2-11,14H,12-13H2,1H3. The van der Waals surface area contributed by atoms with E-state index in [4.69, 9.17) is 0 Å². The van der Waals surface area contributed by atoms with Gasteiger partial charge in [-0.15, -0.1) is 11.8 Å². The summed E-state index contributed by atoms with van der Waals surface area (Å²) >= 11 is 1.87. The minimum atomic E-state index is 0.0649. The highest BCUT2D eigenvalue weighted by Crippen LogP contribution is 2.57. The van der Waals surface area contributed by atoms with E-state index in [1.165, 1.54) is 4.90 Å². The minimum absolute atomic E-state index is 0.0649. The molecule has 0 spiro atoms. The molecule has 0 bridgehead atoms. The van der Waals surface area contributed by atoms with Crippen molar-refractivity contribution in [3.63, 3.8) is 0 Å². The Balaban J connectivity index is 1.77. The Morgan fingerprint density at radius 2 is 1.55 bits per heavy atom. The van der Waals surface area contributed by atoms with Crippen molar-refractivity contribution in [1.82, 2.24) is 0 Å². The van der Waals surface area contributed by atoms with Gasteiger partial charge in [-0.3, -0.25) is 4.79 Å². The second-order valence-electron chi connectivity index (χ2n) is 5.43. The molecule has 0 heterocycles. The number of hydrogen-bond acceptors (Lipinski definition) is 2. The molecule has 102 valence electrons. The van der Waals surface area contributed by atoms with Crippen molar-refractivity contribution in [1.29, 1.82) is 0 Å². The van der Waals surface area contributed by atoms with Crippen LogP contribution in [0.4, 0.5) is 0 Å². The van der Waals surface area contributed by atoms with Crippen molar-refractivity contribution >= 4 is 17.5 Å². The van der Waals surface area contributed by atoms with Crippen LogP contribution in [0.15, 0.2) is 65.6 Å². The zero-order valence-electron chi connectivity index (χ0n) is 11.6. The topological polar surface area (TPSA) is 17.1 Å². The molecule has 1 aliphatic carbocycles. The molecule has 1 aliphatic rings. The van der Waals surface area contributed by atoms with Crippen LogP contribution >= 0.6 is 11.8 Å². The van der Waals surface area contributed by atoms with Gasteiger partial charge in [-0.25, -0.2) is 0 Å². The first-order valence-electron chi connectivity index (χ1n) is 7.05. The Hall–Kier alpha value is -1.54. The van der Waals surface area contributed by atoms with Gasteiger partial charge in [0.05, 0.1) is 0 Å². The third-order valence-electron chi connectivity index (χ3n) is 4.05. The Morgan fingerprint density at radius 1 is 1.00 bits per heavy atom. The molecule has 20 heavy (non-hydrogen) atoms. The van der Waals surface area contributed by atoms with Crippen molar-refractivity contribution in [2.75, 3.05) is 0 Å². The minimum Gasteiger partial charge on any atom is -0.294 e. The fourth-order valence-electron chi connectivity index (χ4n) is 2.56. The summed E-state index contributed by atoms with van der Waals surface area (Å²) < 4.78 is 0.105. The molecule has 0 saturated heterocycles. The molecule has 0 aliphatic heterocycles. The molecular weight excluding hydrogens is 264 g/mol. The Morgan fingerprint density at radius 3 is 2.10 bits per heavy atom. The van der Waals surface area contributed by atoms with E-state index >= 15 is 0 Å². The summed E-state index contributed by atoms with van der Waals surface area (Å²) in [4.78, 5) is 13.9. The summed E-state index contributed by atoms with van der Waals surface area (Å²) in [6.45, 7) is 2.08. The van der Waals surface area contributed by atoms with Crippen molar-refractivity contribution in [2.24, 2.45) is 5.92 Å². The fourth-order valence-corrected chi connectivity index (χ4v) is 3.91. The Kier molecular flexibility index (Phi) is 3.66. The smallest absolute Gasteiger partial charge is 0.167 e. The fraction of sp³-hybridized carbons (Fsp3) is 0.278. The van der Waals surface area contributed by atoms with E-state index in [0.717, 1.165) is 18.4 Å². The number of Topliss-reactive ketones (excluding diaryl/α,β-unsaturated/α-hetero) is 1. The maximum absolute atomic E-state index is 12.6. The van der Waals surface area contributed by atoms with Gasteiger partial charge in [0.2, 0.25) is 0 Å². The summed E-state index contributed by atoms with van der Waals surface area (Å²) in [5.74, 6) is 0.335. The van der Waals surface area contributed by atoms with Crippen LogP contribution in [0.2, 0.25) is 0 Å². The zero-order valence-corrected chi connectivity index (χ0v) is 12.4. The third-order valence-corrected chi connectivity index (χ3v) is 5.72. The molecule has 2 aromatic carbocycles. The maximum Gasteiger partial charge on any atom is 0.167 e. The molecular formula is C18H18OS. The summed E-state index contributed by atoms with van der Waals surface area (Å²) in [5.41, 5.74) is 0.833. The van der Waals surface area contributed by atoms with Gasteiger partial charge < -0.3 is 0 Å². The summed E-state index contributed by atoms with van der Waals surface area (Å²) in [6.07, 6.45) is 2.26. The normalized spacial score (nSPS) is 17.4. The van der Waals surface area contributed by atoms with Crippen molar-refractivity contribution in [2.45, 2.75) is 29.4 Å². The van der Waals surface area contributed by atoms with Gasteiger partial charge >= 0.3 is 0 Å². The Labute approximate surface area is 124 Å². The summed E-state index contributed by atoms with van der Waals surface area (Å²) in [7, 11) is 0. The maximum atomic E-state index is 12.6. The lowest BCUT2D eigenvalue weighted by Gasteiger charge is -2.22. The van der Waals surface area contributed by atoms with Crippen LogP contribution in [0, 0.1) is 5.92 Å². The van der Waals surface area contributed by atoms with E-state index < -0.39 is 0 Å². The van der Waals surface area contributed by atoms with Crippen molar-refractivity contribution < 1.29 is 4.79 Å². The quantitative estimate of drug-likeness (QED) is 0.731. The first-order valence-corrected chi connectivity index (χ1v) is 7.86. The van der Waals surface area contributed by atoms with Crippen LogP contribution in [0.5, 0.6) is 0 Å². The van der Waals surface area contributed by atoms with Gasteiger partial charge in [0, 0.05) is 21.1 Å². The largest absolute Gasteiger partial charge is 0.294 e. The van der Waals surface area contributed by atoms with Crippen molar-refractivity contribution in [3.05, 3.63) is 66.2 Å². The van der Waals surface area contributed by atoms with Crippen LogP contribution in [0.3, 0.4) is 0 Å². The molecule has 2 heteroatoms. The predicted octanol–water partition coefficient (Wildman–Crippen LogP) is 4.83. The molecule has 3 rings (SSSR count). The molecule has 0 amide bonds. The molecule has 0 aromatic heterocycles. The molecule has 1 atom stereocenters. The SMILES string of the molecule is CC(C(=O)c1ccccc1)C1(Sc2ccccc2)CC1. The monoisotopic (exact) mass is 282 g/mol. The van der Waals surface area contributed by atoms with Gasteiger partial charge in [0.25, 0.3) is 0 Å². The van der Waals surface area contributed by atoms with Crippen LogP contribution in [0.1, 0.15) is 30.1 Å². The molecule has 0 N–H and O–H groups in total. The molecule has 0 radical (unpaired) electrons. The van der Waals surface area contributed by atoms with E-state index in [1.54, 1.807) is 0 Å². The molecule has 2 aromatic rings. The average Bonchev–Trinajstić information content (AvgIpc) is 3.28. The first kappa shape index (κ1) is 13.4. The van der Waals surface area contributed by atoms with E-state index in [2.05, 4.69) is 31.2 Å². The van der Waals surface area contributed by atoms with Gasteiger partial charge in [0.1, 0.15) is 0 Å². The summed E-state index contributed by atoms with van der Waals surface area (Å²) in [6, 6.07) is 20.1. The van der Waals surface area contributed by atoms with E-state index in [-0.39, 0.29) is 16.4 Å². The lowest BCUT2D eigenvalue weighted by atomic mass is 9.95. The number of thioether (sulfide) groups is 1. The van der Waals surface area contributed by atoms with E-state index in [1.807, 2.05) is 48.2 Å². The number of hydrogen-bond donors (Lipinski definition) is 0. The lowest BCUT2D eigenvalue weighted by molar-refractivity contribution is 0.0924. The van der Waals surface area contributed by atoms with Crippen LogP contribution in [0.25, 0.3) is 0 Å². The van der Waals surface area contributed by atoms with Crippen LogP contribution in [-0.2, 0) is 0 Å². The van der Waals surface area contributed by atoms with Crippen LogP contribution < -0.4 is 0 Å². The van der Waals surface area contributed by atoms with Gasteiger partial charge in [-0.1, -0.05) is 55.5 Å².